The maximum absolute atomic E-state index is 3.80. The average Bonchev–Trinajstić information content (AvgIpc) is 2.20. The fourth-order valence-electron chi connectivity index (χ4n) is 2.52. The molecule has 0 saturated heterocycles. The number of fused-ring (bicyclic) bond motifs is 4. The van der Waals surface area contributed by atoms with Crippen LogP contribution in [0.3, 0.4) is 0 Å². The van der Waals surface area contributed by atoms with Crippen molar-refractivity contribution in [3.05, 3.63) is 0 Å². The normalized spacial score (nSPS) is 47.1. The lowest BCUT2D eigenvalue weighted by Gasteiger charge is -2.28. The third-order valence-corrected chi connectivity index (χ3v) is 4.32. The van der Waals surface area contributed by atoms with Crippen LogP contribution in [0.2, 0.25) is 0 Å². The van der Waals surface area contributed by atoms with Gasteiger partial charge < -0.3 is 0 Å². The van der Waals surface area contributed by atoms with Crippen molar-refractivity contribution in [3.8, 4) is 0 Å². The molecule has 0 aliphatic heterocycles. The predicted octanol–water partition coefficient (Wildman–Crippen LogP) is 3.35. The van der Waals surface area contributed by atoms with E-state index in [1.807, 2.05) is 0 Å². The van der Waals surface area contributed by atoms with Crippen LogP contribution in [0.4, 0.5) is 0 Å². The lowest BCUT2D eigenvalue weighted by atomic mass is 9.84. The summed E-state index contributed by atoms with van der Waals surface area (Å²) in [5.41, 5.74) is 0. The second-order valence-electron chi connectivity index (χ2n) is 3.89. The van der Waals surface area contributed by atoms with E-state index in [9.17, 15) is 0 Å². The zero-order valence-corrected chi connectivity index (χ0v) is 7.94. The van der Waals surface area contributed by atoms with Crippen LogP contribution in [-0.4, -0.2) is 4.83 Å². The zero-order chi connectivity index (χ0) is 6.97. The number of rotatable bonds is 0. The van der Waals surface area contributed by atoms with Crippen molar-refractivity contribution in [2.75, 3.05) is 0 Å². The maximum atomic E-state index is 3.80. The highest BCUT2D eigenvalue weighted by Crippen LogP contribution is 2.42. The van der Waals surface area contributed by atoms with Crippen LogP contribution < -0.4 is 0 Å². The van der Waals surface area contributed by atoms with Crippen LogP contribution in [0.15, 0.2) is 0 Å². The Labute approximate surface area is 71.5 Å². The molecule has 10 heavy (non-hydrogen) atoms. The molecule has 0 nitrogen and oxygen atoms in total. The summed E-state index contributed by atoms with van der Waals surface area (Å²) in [6, 6.07) is 0. The van der Waals surface area contributed by atoms with Gasteiger partial charge in [-0.3, -0.25) is 0 Å². The molecule has 0 aromatic rings. The number of hydrogen-bond acceptors (Lipinski definition) is 0. The van der Waals surface area contributed by atoms with Gasteiger partial charge in [0.25, 0.3) is 0 Å². The van der Waals surface area contributed by atoms with Gasteiger partial charge >= 0.3 is 0 Å². The summed E-state index contributed by atoms with van der Waals surface area (Å²) in [7, 11) is 0. The van der Waals surface area contributed by atoms with Crippen LogP contribution in [-0.2, 0) is 0 Å². The SMILES string of the molecule is BrC1CC2CCCC1CC2. The van der Waals surface area contributed by atoms with Gasteiger partial charge in [-0.05, 0) is 31.1 Å². The molecule has 0 radical (unpaired) electrons. The standard InChI is InChI=1S/C9H15Br/c10-9-6-7-2-1-3-8(9)5-4-7/h7-9H,1-6H2. The Morgan fingerprint density at radius 2 is 1.90 bits per heavy atom. The highest BCUT2D eigenvalue weighted by Gasteiger charge is 2.31. The summed E-state index contributed by atoms with van der Waals surface area (Å²) in [5, 5.41) is 0. The van der Waals surface area contributed by atoms with E-state index in [-0.39, 0.29) is 0 Å². The molecule has 0 spiro atoms. The smallest absolute Gasteiger partial charge is 0.0176 e. The van der Waals surface area contributed by atoms with Gasteiger partial charge in [0.05, 0.1) is 0 Å². The number of hydrogen-bond donors (Lipinski definition) is 0. The Hall–Kier alpha value is 0.480. The van der Waals surface area contributed by atoms with Crippen LogP contribution in [0.25, 0.3) is 0 Å². The van der Waals surface area contributed by atoms with Crippen molar-refractivity contribution in [1.29, 1.82) is 0 Å². The molecule has 3 fully saturated rings. The first-order chi connectivity index (χ1) is 4.86. The molecular formula is C9H15Br. The first-order valence-electron chi connectivity index (χ1n) is 4.50. The van der Waals surface area contributed by atoms with E-state index in [4.69, 9.17) is 0 Å². The van der Waals surface area contributed by atoms with Crippen molar-refractivity contribution in [1.82, 2.24) is 0 Å². The molecule has 3 unspecified atom stereocenters. The molecule has 3 rings (SSSR count). The maximum Gasteiger partial charge on any atom is 0.0176 e. The van der Waals surface area contributed by atoms with E-state index in [0.717, 1.165) is 16.7 Å². The molecule has 2 bridgehead atoms. The first-order valence-corrected chi connectivity index (χ1v) is 5.42. The fourth-order valence-corrected chi connectivity index (χ4v) is 3.57. The fraction of sp³-hybridized carbons (Fsp3) is 1.00. The van der Waals surface area contributed by atoms with E-state index in [0.29, 0.717) is 0 Å². The quantitative estimate of drug-likeness (QED) is 0.529. The van der Waals surface area contributed by atoms with Crippen LogP contribution in [0.5, 0.6) is 0 Å². The summed E-state index contributed by atoms with van der Waals surface area (Å²) < 4.78 is 0. The van der Waals surface area contributed by atoms with Gasteiger partial charge in [0.2, 0.25) is 0 Å². The molecule has 3 aliphatic carbocycles. The third kappa shape index (κ3) is 1.25. The lowest BCUT2D eigenvalue weighted by Crippen LogP contribution is -2.21. The van der Waals surface area contributed by atoms with Gasteiger partial charge in [0, 0.05) is 4.83 Å². The summed E-state index contributed by atoms with van der Waals surface area (Å²) in [6.45, 7) is 0. The summed E-state index contributed by atoms with van der Waals surface area (Å²) in [4.78, 5) is 0.869. The molecule has 0 heterocycles. The minimum Gasteiger partial charge on any atom is -0.0888 e. The molecule has 3 saturated carbocycles. The molecule has 0 N–H and O–H groups in total. The van der Waals surface area contributed by atoms with E-state index in [1.54, 1.807) is 0 Å². The Morgan fingerprint density at radius 3 is 2.70 bits per heavy atom. The Bertz CT molecular complexity index is 118. The van der Waals surface area contributed by atoms with Gasteiger partial charge in [0.15, 0.2) is 0 Å². The summed E-state index contributed by atoms with van der Waals surface area (Å²) in [5.74, 6) is 2.10. The topological polar surface area (TPSA) is 0 Å². The highest BCUT2D eigenvalue weighted by molar-refractivity contribution is 9.09. The molecule has 3 atom stereocenters. The minimum atomic E-state index is 0.869. The molecule has 3 aliphatic rings. The molecule has 58 valence electrons. The molecule has 0 aromatic heterocycles. The Balaban J connectivity index is 2.07. The van der Waals surface area contributed by atoms with Crippen molar-refractivity contribution in [2.24, 2.45) is 11.8 Å². The number of halogens is 1. The van der Waals surface area contributed by atoms with Crippen molar-refractivity contribution in [3.63, 3.8) is 0 Å². The van der Waals surface area contributed by atoms with E-state index < -0.39 is 0 Å². The first kappa shape index (κ1) is 7.15. The van der Waals surface area contributed by atoms with Crippen molar-refractivity contribution >= 4 is 15.9 Å². The second kappa shape index (κ2) is 2.84. The van der Waals surface area contributed by atoms with Gasteiger partial charge in [-0.1, -0.05) is 35.2 Å². The summed E-state index contributed by atoms with van der Waals surface area (Å²) >= 11 is 3.80. The van der Waals surface area contributed by atoms with E-state index in [2.05, 4.69) is 15.9 Å². The average molecular weight is 203 g/mol. The predicted molar refractivity (Wildman–Crippen MR) is 47.4 cm³/mol. The molecule has 0 aromatic carbocycles. The van der Waals surface area contributed by atoms with E-state index in [1.165, 1.54) is 38.5 Å². The Morgan fingerprint density at radius 1 is 1.00 bits per heavy atom. The lowest BCUT2D eigenvalue weighted by molar-refractivity contribution is 0.322. The van der Waals surface area contributed by atoms with Crippen LogP contribution in [0, 0.1) is 11.8 Å². The molecule has 0 amide bonds. The van der Waals surface area contributed by atoms with Crippen LogP contribution in [0.1, 0.15) is 38.5 Å². The summed E-state index contributed by atoms with van der Waals surface area (Å²) in [6.07, 6.45) is 8.99. The van der Waals surface area contributed by atoms with E-state index >= 15 is 0 Å². The Kier molecular flexibility index (Phi) is 2.03. The van der Waals surface area contributed by atoms with Crippen molar-refractivity contribution < 1.29 is 0 Å². The molecular weight excluding hydrogens is 188 g/mol. The minimum absolute atomic E-state index is 0.869. The monoisotopic (exact) mass is 202 g/mol. The largest absolute Gasteiger partial charge is 0.0888 e. The molecule has 1 heteroatoms. The van der Waals surface area contributed by atoms with Gasteiger partial charge in [0.1, 0.15) is 0 Å². The zero-order valence-electron chi connectivity index (χ0n) is 6.35. The number of alkyl halides is 1. The van der Waals surface area contributed by atoms with Crippen LogP contribution >= 0.6 is 15.9 Å². The van der Waals surface area contributed by atoms with Gasteiger partial charge in [-0.2, -0.15) is 0 Å². The van der Waals surface area contributed by atoms with Crippen molar-refractivity contribution in [2.45, 2.75) is 43.4 Å². The highest BCUT2D eigenvalue weighted by atomic mass is 79.9. The van der Waals surface area contributed by atoms with Gasteiger partial charge in [-0.15, -0.1) is 0 Å². The second-order valence-corrected chi connectivity index (χ2v) is 5.06. The third-order valence-electron chi connectivity index (χ3n) is 3.20. The van der Waals surface area contributed by atoms with Gasteiger partial charge in [-0.25, -0.2) is 0 Å².